The lowest BCUT2D eigenvalue weighted by Crippen LogP contribution is -2.42. The van der Waals surface area contributed by atoms with E-state index in [4.69, 9.17) is 24.5 Å². The van der Waals surface area contributed by atoms with Gasteiger partial charge in [0.2, 0.25) is 0 Å². The van der Waals surface area contributed by atoms with Gasteiger partial charge in [0.15, 0.2) is 5.75 Å². The number of thiophene rings is 1. The Hall–Kier alpha value is -4.71. The first-order valence-electron chi connectivity index (χ1n) is 14.4. The van der Waals surface area contributed by atoms with Crippen molar-refractivity contribution in [3.05, 3.63) is 69.6 Å². The number of benzene rings is 1. The Morgan fingerprint density at radius 1 is 0.939 bits per heavy atom. The quantitative estimate of drug-likeness (QED) is 0.181. The fourth-order valence-corrected chi connectivity index (χ4v) is 5.64. The van der Waals surface area contributed by atoms with Gasteiger partial charge in [-0.15, -0.1) is 11.3 Å². The van der Waals surface area contributed by atoms with Gasteiger partial charge in [0.25, 0.3) is 11.5 Å². The number of aryl methyl sites for hydroxylation is 1. The van der Waals surface area contributed by atoms with Gasteiger partial charge in [0.1, 0.15) is 16.9 Å². The monoisotopic (exact) mass is 720 g/mol. The van der Waals surface area contributed by atoms with Crippen molar-refractivity contribution in [2.24, 2.45) is 7.05 Å². The molecule has 0 unspecified atom stereocenters. The number of carbonyl (C=O) groups excluding carboxylic acids is 1. The van der Waals surface area contributed by atoms with Crippen LogP contribution in [0, 0.1) is 0 Å². The number of fused-ring (bicyclic) bond motifs is 3. The van der Waals surface area contributed by atoms with Crippen LogP contribution in [0.3, 0.4) is 0 Å². The van der Waals surface area contributed by atoms with Crippen molar-refractivity contribution >= 4 is 50.2 Å². The molecule has 0 atom stereocenters. The van der Waals surface area contributed by atoms with Crippen LogP contribution in [-0.4, -0.2) is 80.0 Å². The topological polar surface area (TPSA) is 151 Å². The molecule has 0 bridgehead atoms. The maximum absolute atomic E-state index is 13.4. The van der Waals surface area contributed by atoms with Gasteiger partial charge < -0.3 is 24.8 Å². The minimum atomic E-state index is -5.08. The van der Waals surface area contributed by atoms with E-state index in [0.717, 1.165) is 27.7 Å². The van der Waals surface area contributed by atoms with Crippen molar-refractivity contribution in [1.29, 1.82) is 0 Å². The molecule has 3 heterocycles. The van der Waals surface area contributed by atoms with E-state index in [1.54, 1.807) is 24.0 Å². The number of aliphatic carboxylic acids is 2. The highest BCUT2D eigenvalue weighted by Crippen LogP contribution is 2.40. The summed E-state index contributed by atoms with van der Waals surface area (Å²) in [5.41, 5.74) is 1.56. The second kappa shape index (κ2) is 17.1. The molecule has 3 aromatic heterocycles. The zero-order valence-corrected chi connectivity index (χ0v) is 27.7. The summed E-state index contributed by atoms with van der Waals surface area (Å²) >= 11 is 1.31. The van der Waals surface area contributed by atoms with Gasteiger partial charge in [-0.2, -0.15) is 26.3 Å². The smallest absolute Gasteiger partial charge is 0.486 e. The normalized spacial score (nSPS) is 11.6. The number of nitrogens with zero attached hydrogens (tertiary/aromatic N) is 3. The van der Waals surface area contributed by atoms with Crippen LogP contribution in [0.25, 0.3) is 21.0 Å². The van der Waals surface area contributed by atoms with Crippen LogP contribution in [0.4, 0.5) is 26.3 Å². The molecule has 1 aromatic carbocycles. The van der Waals surface area contributed by atoms with Gasteiger partial charge in [-0.05, 0) is 51.5 Å². The average molecular weight is 721 g/mol. The maximum atomic E-state index is 13.4. The highest BCUT2D eigenvalue weighted by atomic mass is 32.1. The number of amides is 1. The lowest BCUT2D eigenvalue weighted by atomic mass is 10.1. The number of nitrogens with one attached hydrogen (secondary N) is 1. The van der Waals surface area contributed by atoms with E-state index in [-0.39, 0.29) is 18.1 Å². The predicted molar refractivity (Wildman–Crippen MR) is 170 cm³/mol. The maximum Gasteiger partial charge on any atom is 0.490 e. The fourth-order valence-electron chi connectivity index (χ4n) is 4.45. The average Bonchev–Trinajstić information content (AvgIpc) is 3.40. The lowest BCUT2D eigenvalue weighted by molar-refractivity contribution is -0.193. The van der Waals surface area contributed by atoms with E-state index in [0.29, 0.717) is 34.6 Å². The Balaban J connectivity index is 0.000000500. The zero-order valence-electron chi connectivity index (χ0n) is 26.8. The second-order valence-corrected chi connectivity index (χ2v) is 11.8. The molecule has 0 saturated carbocycles. The number of hydrogen-bond donors (Lipinski definition) is 3. The molecule has 0 saturated heterocycles. The zero-order chi connectivity index (χ0) is 37.3. The molecule has 18 heteroatoms. The number of carboxylic acid groups (broad SMARTS) is 2. The molecular formula is C31H34F6N4O7S. The van der Waals surface area contributed by atoms with Gasteiger partial charge in [-0.3, -0.25) is 19.5 Å². The summed E-state index contributed by atoms with van der Waals surface area (Å²) in [6.07, 6.45) is -6.78. The van der Waals surface area contributed by atoms with Crippen LogP contribution in [-0.2, 0) is 23.2 Å². The molecule has 0 aliphatic heterocycles. The lowest BCUT2D eigenvalue weighted by Gasteiger charge is -2.30. The van der Waals surface area contributed by atoms with E-state index >= 15 is 0 Å². The summed E-state index contributed by atoms with van der Waals surface area (Å²) in [4.78, 5) is 51.4. The summed E-state index contributed by atoms with van der Waals surface area (Å²) in [5.74, 6) is -5.40. The van der Waals surface area contributed by atoms with E-state index in [1.807, 2.05) is 36.4 Å². The Morgan fingerprint density at radius 2 is 1.45 bits per heavy atom. The minimum absolute atomic E-state index is 0.176. The van der Waals surface area contributed by atoms with Crippen molar-refractivity contribution in [2.45, 2.75) is 58.7 Å². The summed E-state index contributed by atoms with van der Waals surface area (Å²) in [6.45, 7) is 10.1. The highest BCUT2D eigenvalue weighted by molar-refractivity contribution is 7.22. The molecule has 0 radical (unpaired) electrons. The third-order valence-corrected chi connectivity index (χ3v) is 7.90. The van der Waals surface area contributed by atoms with Crippen molar-refractivity contribution in [3.63, 3.8) is 0 Å². The highest BCUT2D eigenvalue weighted by Gasteiger charge is 2.39. The summed E-state index contributed by atoms with van der Waals surface area (Å²) < 4.78 is 72.0. The molecule has 11 nitrogen and oxygen atoms in total. The molecule has 268 valence electrons. The number of carbonyl (C=O) groups is 3. The van der Waals surface area contributed by atoms with E-state index in [1.165, 1.54) is 11.3 Å². The first-order valence-corrected chi connectivity index (χ1v) is 15.2. The van der Waals surface area contributed by atoms with Gasteiger partial charge in [-0.25, -0.2) is 9.59 Å². The van der Waals surface area contributed by atoms with E-state index in [9.17, 15) is 35.9 Å². The Labute approximate surface area is 279 Å². The van der Waals surface area contributed by atoms with Crippen molar-refractivity contribution in [3.8, 4) is 5.75 Å². The van der Waals surface area contributed by atoms with Crippen molar-refractivity contribution in [1.82, 2.24) is 19.8 Å². The Kier molecular flexibility index (Phi) is 14.1. The van der Waals surface area contributed by atoms with Gasteiger partial charge >= 0.3 is 24.3 Å². The SMILES string of the molecule is CC(C)N(CCNC(=O)c1sc2c(c1OCc1ccncc1)c(=O)n(C)c1ccccc21)C(C)C.O=C(O)C(F)(F)F.O=C(O)C(F)(F)F. The van der Waals surface area contributed by atoms with Crippen LogP contribution in [0.15, 0.2) is 53.6 Å². The van der Waals surface area contributed by atoms with Crippen LogP contribution in [0.5, 0.6) is 5.75 Å². The molecule has 0 fully saturated rings. The molecule has 0 spiro atoms. The number of para-hydroxylation sites is 1. The Morgan fingerprint density at radius 3 is 1.94 bits per heavy atom. The van der Waals surface area contributed by atoms with Gasteiger partial charge in [-0.1, -0.05) is 18.2 Å². The summed E-state index contributed by atoms with van der Waals surface area (Å²) in [7, 11) is 1.75. The van der Waals surface area contributed by atoms with E-state index in [2.05, 4.69) is 42.9 Å². The van der Waals surface area contributed by atoms with Crippen LogP contribution in [0.2, 0.25) is 0 Å². The third kappa shape index (κ3) is 11.2. The summed E-state index contributed by atoms with van der Waals surface area (Å²) in [6, 6.07) is 12.2. The predicted octanol–water partition coefficient (Wildman–Crippen LogP) is 5.84. The van der Waals surface area contributed by atoms with Gasteiger partial charge in [0, 0.05) is 50.0 Å². The second-order valence-electron chi connectivity index (χ2n) is 10.8. The number of pyridine rings is 2. The Bertz CT molecular complexity index is 1770. The molecule has 3 N–H and O–H groups in total. The summed E-state index contributed by atoms with van der Waals surface area (Å²) in [5, 5.41) is 18.7. The third-order valence-electron chi connectivity index (χ3n) is 6.70. The number of ether oxygens (including phenoxy) is 1. The van der Waals surface area contributed by atoms with Crippen LogP contribution in [0.1, 0.15) is 42.9 Å². The van der Waals surface area contributed by atoms with Crippen LogP contribution < -0.4 is 15.6 Å². The molecule has 49 heavy (non-hydrogen) atoms. The largest absolute Gasteiger partial charge is 0.490 e. The molecule has 0 aliphatic rings. The number of halogens is 6. The number of alkyl halides is 6. The number of rotatable bonds is 9. The van der Waals surface area contributed by atoms with Crippen molar-refractivity contribution < 1.29 is 55.7 Å². The van der Waals surface area contributed by atoms with Crippen LogP contribution >= 0.6 is 11.3 Å². The standard InChI is InChI=1S/C27H32N4O3S.2C2HF3O2/c1-17(2)31(18(3)4)15-14-29-26(32)25-23(34-16-19-10-12-28-13-11-19)22-24(35-25)20-8-6-7-9-21(20)30(5)27(22)33;2*3-2(4,5)1(6)7/h6-13,17-18H,14-16H2,1-5H3,(H,29,32);2*(H,6,7). The van der Waals surface area contributed by atoms with Gasteiger partial charge in [0.05, 0.1) is 10.2 Å². The number of aromatic nitrogens is 2. The number of carboxylic acids is 2. The first kappa shape index (κ1) is 40.5. The number of hydrogen-bond acceptors (Lipinski definition) is 8. The van der Waals surface area contributed by atoms with E-state index < -0.39 is 24.3 Å². The fraction of sp³-hybridized carbons (Fsp3) is 0.387. The first-order chi connectivity index (χ1) is 22.7. The minimum Gasteiger partial charge on any atom is -0.486 e. The molecule has 4 aromatic rings. The molecule has 0 aliphatic carbocycles. The molecule has 1 amide bonds. The molecular weight excluding hydrogens is 686 g/mol. The van der Waals surface area contributed by atoms with Crippen molar-refractivity contribution in [2.75, 3.05) is 13.1 Å². The molecule has 4 rings (SSSR count).